The zero-order valence-electron chi connectivity index (χ0n) is 17.4. The van der Waals surface area contributed by atoms with Crippen LogP contribution >= 0.6 is 0 Å². The molecule has 25 heavy (non-hydrogen) atoms. The molecule has 0 spiro atoms. The summed E-state index contributed by atoms with van der Waals surface area (Å²) in [5.74, 6) is 4.15. The lowest BCUT2D eigenvalue weighted by molar-refractivity contribution is -0.107. The van der Waals surface area contributed by atoms with Gasteiger partial charge in [-0.05, 0) is 85.9 Å². The quantitative estimate of drug-likeness (QED) is 0.567. The van der Waals surface area contributed by atoms with Crippen LogP contribution < -0.4 is 0 Å². The summed E-state index contributed by atoms with van der Waals surface area (Å²) in [5.41, 5.74) is 1.00. The third kappa shape index (κ3) is 3.27. The van der Waals surface area contributed by atoms with Crippen LogP contribution in [0.3, 0.4) is 0 Å². The minimum atomic E-state index is 0.348. The second-order valence-corrected chi connectivity index (χ2v) is 9.21. The van der Waals surface area contributed by atoms with Gasteiger partial charge in [-0.3, -0.25) is 0 Å². The van der Waals surface area contributed by atoms with Gasteiger partial charge in [-0.2, -0.15) is 5.26 Å². The Morgan fingerprint density at radius 2 is 1.48 bits per heavy atom. The maximum Gasteiger partial charge on any atom is 0.0661 e. The number of nitrogens with zero attached hydrogens (tertiary/aromatic N) is 1. The van der Waals surface area contributed by atoms with E-state index >= 15 is 0 Å². The number of rotatable bonds is 0. The molecule has 144 valence electrons. The van der Waals surface area contributed by atoms with Crippen molar-refractivity contribution in [1.82, 2.24) is 0 Å². The predicted octanol–water partition coefficient (Wildman–Crippen LogP) is 6.19. The van der Waals surface area contributed by atoms with Crippen molar-refractivity contribution >= 4 is 0 Å². The summed E-state index contributed by atoms with van der Waals surface area (Å²) in [6.45, 7) is 9.11. The number of aliphatic hydroxyl groups is 1. The van der Waals surface area contributed by atoms with Crippen molar-refractivity contribution in [3.63, 3.8) is 0 Å². The number of hydrogen-bond donors (Lipinski definition) is 1. The smallest absolute Gasteiger partial charge is 0.0661 e. The first kappa shape index (κ1) is 20.8. The van der Waals surface area contributed by atoms with Crippen molar-refractivity contribution in [2.24, 2.45) is 40.4 Å². The van der Waals surface area contributed by atoms with Crippen LogP contribution in [0, 0.1) is 51.8 Å². The first-order chi connectivity index (χ1) is 12.1. The maximum atomic E-state index is 9.55. The standard InChI is InChI=1S/C20H31N.C2H6.CH4O/c1-19-11-4-3-5-14(19)6-8-16-17-9-7-15(13-21)20(17,2)12-10-18(16)19;2*1-2/h14-18H,3-12H2,1-2H3;1-2H3;2H,1H3. The van der Waals surface area contributed by atoms with Gasteiger partial charge in [0.15, 0.2) is 0 Å². The van der Waals surface area contributed by atoms with Crippen molar-refractivity contribution < 1.29 is 5.11 Å². The molecule has 4 fully saturated rings. The highest BCUT2D eigenvalue weighted by molar-refractivity contribution is 5.12. The van der Waals surface area contributed by atoms with Crippen LogP contribution in [-0.2, 0) is 0 Å². The normalized spacial score (nSPS) is 47.5. The fourth-order valence-electron chi connectivity index (χ4n) is 7.51. The van der Waals surface area contributed by atoms with Crippen LogP contribution in [0.4, 0.5) is 0 Å². The van der Waals surface area contributed by atoms with Crippen LogP contribution in [0.5, 0.6) is 0 Å². The lowest BCUT2D eigenvalue weighted by Gasteiger charge is -2.60. The number of aliphatic hydroxyl groups excluding tert-OH is 1. The topological polar surface area (TPSA) is 44.0 Å². The van der Waals surface area contributed by atoms with Crippen LogP contribution in [0.25, 0.3) is 0 Å². The van der Waals surface area contributed by atoms with Crippen molar-refractivity contribution in [1.29, 1.82) is 5.26 Å². The van der Waals surface area contributed by atoms with E-state index in [0.29, 0.717) is 16.7 Å². The zero-order chi connectivity index (χ0) is 18.7. The molecule has 0 aromatic heterocycles. The summed E-state index contributed by atoms with van der Waals surface area (Å²) < 4.78 is 0. The Balaban J connectivity index is 0.000000528. The van der Waals surface area contributed by atoms with E-state index in [0.717, 1.165) is 30.8 Å². The second-order valence-electron chi connectivity index (χ2n) is 9.21. The predicted molar refractivity (Wildman–Crippen MR) is 105 cm³/mol. The molecule has 0 aromatic rings. The molecule has 4 aliphatic rings. The Hall–Kier alpha value is -0.550. The lowest BCUT2D eigenvalue weighted by atomic mass is 9.45. The third-order valence-electron chi connectivity index (χ3n) is 8.74. The molecule has 0 aromatic carbocycles. The molecule has 4 aliphatic carbocycles. The summed E-state index contributed by atoms with van der Waals surface area (Å²) in [5, 5.41) is 16.6. The molecule has 0 saturated heterocycles. The molecule has 0 bridgehead atoms. The zero-order valence-corrected chi connectivity index (χ0v) is 17.4. The minimum absolute atomic E-state index is 0.348. The monoisotopic (exact) mass is 347 g/mol. The molecule has 4 rings (SSSR count). The van der Waals surface area contributed by atoms with Gasteiger partial charge in [-0.15, -0.1) is 0 Å². The molecular formula is C23H41NO. The van der Waals surface area contributed by atoms with Gasteiger partial charge < -0.3 is 5.11 Å². The van der Waals surface area contributed by atoms with Gasteiger partial charge in [-0.1, -0.05) is 40.5 Å². The van der Waals surface area contributed by atoms with Gasteiger partial charge >= 0.3 is 0 Å². The highest BCUT2D eigenvalue weighted by atomic mass is 16.2. The van der Waals surface area contributed by atoms with Crippen LogP contribution in [0.2, 0.25) is 0 Å². The van der Waals surface area contributed by atoms with Gasteiger partial charge in [0, 0.05) is 7.11 Å². The second kappa shape index (κ2) is 8.43. The first-order valence-corrected chi connectivity index (χ1v) is 10.9. The van der Waals surface area contributed by atoms with Crippen molar-refractivity contribution in [2.75, 3.05) is 7.11 Å². The summed E-state index contributed by atoms with van der Waals surface area (Å²) in [7, 11) is 1.00. The highest BCUT2D eigenvalue weighted by Gasteiger charge is 2.59. The van der Waals surface area contributed by atoms with Crippen LogP contribution in [-0.4, -0.2) is 12.2 Å². The fraction of sp³-hybridized carbons (Fsp3) is 0.957. The molecular weight excluding hydrogens is 306 g/mol. The third-order valence-corrected chi connectivity index (χ3v) is 8.74. The highest BCUT2D eigenvalue weighted by Crippen LogP contribution is 2.67. The SMILES string of the molecule is CC.CC12CCC3C(CCC4CCCCC43C)C1CCC2C#N.CO. The summed E-state index contributed by atoms with van der Waals surface area (Å²) in [6.07, 6.45) is 14.2. The van der Waals surface area contributed by atoms with Gasteiger partial charge in [0.25, 0.3) is 0 Å². The Kier molecular flexibility index (Phi) is 7.00. The van der Waals surface area contributed by atoms with Gasteiger partial charge in [0.05, 0.1) is 12.0 Å². The number of fused-ring (bicyclic) bond motifs is 5. The molecule has 7 atom stereocenters. The first-order valence-electron chi connectivity index (χ1n) is 10.9. The molecule has 0 amide bonds. The Labute approximate surface area is 156 Å². The molecule has 0 aliphatic heterocycles. The van der Waals surface area contributed by atoms with E-state index in [1.54, 1.807) is 0 Å². The molecule has 4 saturated carbocycles. The molecule has 0 heterocycles. The fourth-order valence-corrected chi connectivity index (χ4v) is 7.51. The number of hydrogen-bond acceptors (Lipinski definition) is 2. The largest absolute Gasteiger partial charge is 0.400 e. The Morgan fingerprint density at radius 1 is 0.800 bits per heavy atom. The molecule has 1 N–H and O–H groups in total. The van der Waals surface area contributed by atoms with Crippen LogP contribution in [0.1, 0.15) is 91.9 Å². The molecule has 2 heteroatoms. The van der Waals surface area contributed by atoms with E-state index < -0.39 is 0 Å². The van der Waals surface area contributed by atoms with Crippen LogP contribution in [0.15, 0.2) is 0 Å². The van der Waals surface area contributed by atoms with Crippen molar-refractivity contribution in [2.45, 2.75) is 91.9 Å². The molecule has 2 nitrogen and oxygen atoms in total. The minimum Gasteiger partial charge on any atom is -0.400 e. The van der Waals surface area contributed by atoms with E-state index in [1.165, 1.54) is 64.2 Å². The molecule has 0 radical (unpaired) electrons. The lowest BCUT2D eigenvalue weighted by Crippen LogP contribution is -2.52. The summed E-state index contributed by atoms with van der Waals surface area (Å²) in [4.78, 5) is 0. The summed E-state index contributed by atoms with van der Waals surface area (Å²) in [6, 6.07) is 2.66. The van der Waals surface area contributed by atoms with Gasteiger partial charge in [-0.25, -0.2) is 0 Å². The van der Waals surface area contributed by atoms with E-state index in [9.17, 15) is 5.26 Å². The number of nitriles is 1. The molecule has 7 unspecified atom stereocenters. The average Bonchev–Trinajstić information content (AvgIpc) is 3.01. The van der Waals surface area contributed by atoms with E-state index in [4.69, 9.17) is 5.11 Å². The van der Waals surface area contributed by atoms with Crippen molar-refractivity contribution in [3.8, 4) is 6.07 Å². The Bertz CT molecular complexity index is 469. The van der Waals surface area contributed by atoms with Crippen molar-refractivity contribution in [3.05, 3.63) is 0 Å². The maximum absolute atomic E-state index is 9.55. The Morgan fingerprint density at radius 3 is 2.16 bits per heavy atom. The van der Waals surface area contributed by atoms with E-state index in [2.05, 4.69) is 19.9 Å². The van der Waals surface area contributed by atoms with E-state index in [-0.39, 0.29) is 0 Å². The summed E-state index contributed by atoms with van der Waals surface area (Å²) >= 11 is 0. The van der Waals surface area contributed by atoms with Gasteiger partial charge in [0.1, 0.15) is 0 Å². The van der Waals surface area contributed by atoms with E-state index in [1.807, 2.05) is 13.8 Å². The van der Waals surface area contributed by atoms with Gasteiger partial charge in [0.2, 0.25) is 0 Å². The average molecular weight is 348 g/mol.